The first-order chi connectivity index (χ1) is 14.2. The lowest BCUT2D eigenvalue weighted by molar-refractivity contribution is -0.100. The molecule has 2 aromatic rings. The predicted molar refractivity (Wildman–Crippen MR) is 111 cm³/mol. The zero-order valence-corrected chi connectivity index (χ0v) is 16.9. The highest BCUT2D eigenvalue weighted by Crippen LogP contribution is 2.32. The maximum atomic E-state index is 10.7. The lowest BCUT2D eigenvalue weighted by Gasteiger charge is -2.41. The monoisotopic (exact) mass is 398 g/mol. The zero-order valence-electron chi connectivity index (χ0n) is 16.9. The van der Waals surface area contributed by atoms with Crippen LogP contribution in [-0.4, -0.2) is 78.1 Å². The molecule has 3 aliphatic rings. The molecule has 1 saturated carbocycles. The number of piperazine rings is 1. The minimum Gasteiger partial charge on any atom is -0.477 e. The van der Waals surface area contributed by atoms with E-state index in [0.717, 1.165) is 63.1 Å². The Morgan fingerprint density at radius 2 is 2.03 bits per heavy atom. The standard InChI is InChI=1S/C22H30N4O3/c27-22(6-1-11-28-15-22)14-25-7-9-26(10-8-25)18-4-5-20-19(12-18)21(24-16-23-20)29-13-17-2-3-17/h4-5,12,16-17,27H,1-3,6-11,13-15H2. The molecule has 1 aromatic carbocycles. The molecule has 7 heteroatoms. The molecule has 1 unspecified atom stereocenters. The van der Waals surface area contributed by atoms with Gasteiger partial charge in [0.1, 0.15) is 11.9 Å². The van der Waals surface area contributed by atoms with E-state index in [2.05, 4.69) is 38.0 Å². The second-order valence-corrected chi connectivity index (χ2v) is 8.78. The van der Waals surface area contributed by atoms with E-state index in [1.807, 2.05) is 0 Å². The van der Waals surface area contributed by atoms with Gasteiger partial charge in [0, 0.05) is 45.0 Å². The van der Waals surface area contributed by atoms with Gasteiger partial charge in [-0.15, -0.1) is 0 Å². The molecule has 1 aliphatic carbocycles. The first-order valence-electron chi connectivity index (χ1n) is 10.8. The summed E-state index contributed by atoms with van der Waals surface area (Å²) in [6.07, 6.45) is 5.89. The Labute approximate surface area is 171 Å². The average Bonchev–Trinajstić information content (AvgIpc) is 3.57. The van der Waals surface area contributed by atoms with Crippen LogP contribution in [-0.2, 0) is 4.74 Å². The number of β-amino-alcohol motifs (C(OH)–C–C–N with tert-alkyl or cyclic N) is 1. The Bertz CT molecular complexity index is 843. The van der Waals surface area contributed by atoms with Crippen LogP contribution >= 0.6 is 0 Å². The maximum absolute atomic E-state index is 10.7. The average molecular weight is 399 g/mol. The van der Waals surface area contributed by atoms with Gasteiger partial charge in [-0.1, -0.05) is 0 Å². The van der Waals surface area contributed by atoms with Crippen molar-refractivity contribution in [3.8, 4) is 5.88 Å². The number of hydrogen-bond donors (Lipinski definition) is 1. The minimum absolute atomic E-state index is 0.460. The zero-order chi connectivity index (χ0) is 19.7. The van der Waals surface area contributed by atoms with Gasteiger partial charge in [-0.05, 0) is 49.8 Å². The van der Waals surface area contributed by atoms with Gasteiger partial charge in [0.2, 0.25) is 5.88 Å². The highest BCUT2D eigenvalue weighted by Gasteiger charge is 2.33. The van der Waals surface area contributed by atoms with Gasteiger partial charge in [-0.25, -0.2) is 9.97 Å². The second kappa shape index (κ2) is 8.05. The third kappa shape index (κ3) is 4.47. The molecular formula is C22H30N4O3. The number of ether oxygens (including phenoxy) is 2. The highest BCUT2D eigenvalue weighted by atomic mass is 16.5. The number of anilines is 1. The van der Waals surface area contributed by atoms with E-state index in [-0.39, 0.29) is 0 Å². The second-order valence-electron chi connectivity index (χ2n) is 8.78. The molecule has 3 heterocycles. The summed E-state index contributed by atoms with van der Waals surface area (Å²) >= 11 is 0. The third-order valence-corrected chi connectivity index (χ3v) is 6.29. The van der Waals surface area contributed by atoms with Crippen molar-refractivity contribution in [1.82, 2.24) is 14.9 Å². The smallest absolute Gasteiger partial charge is 0.224 e. The molecule has 2 aliphatic heterocycles. The molecule has 0 spiro atoms. The Morgan fingerprint density at radius 1 is 1.17 bits per heavy atom. The van der Waals surface area contributed by atoms with Crippen LogP contribution in [0.3, 0.4) is 0 Å². The van der Waals surface area contributed by atoms with Crippen LogP contribution in [0.4, 0.5) is 5.69 Å². The number of aliphatic hydroxyl groups is 1. The number of fused-ring (bicyclic) bond motifs is 1. The van der Waals surface area contributed by atoms with Crippen molar-refractivity contribution in [2.24, 2.45) is 5.92 Å². The van der Waals surface area contributed by atoms with Crippen LogP contribution in [0.15, 0.2) is 24.5 Å². The number of benzene rings is 1. The lowest BCUT2D eigenvalue weighted by Crippen LogP contribution is -2.54. The van der Waals surface area contributed by atoms with Gasteiger partial charge in [0.05, 0.1) is 24.1 Å². The summed E-state index contributed by atoms with van der Waals surface area (Å²) < 4.78 is 11.5. The third-order valence-electron chi connectivity index (χ3n) is 6.29. The normalized spacial score (nSPS) is 26.0. The van der Waals surface area contributed by atoms with E-state index in [0.29, 0.717) is 24.9 Å². The van der Waals surface area contributed by atoms with Crippen LogP contribution < -0.4 is 9.64 Å². The predicted octanol–water partition coefficient (Wildman–Crippen LogP) is 2.08. The van der Waals surface area contributed by atoms with Crippen LogP contribution in [0.5, 0.6) is 5.88 Å². The molecule has 7 nitrogen and oxygen atoms in total. The van der Waals surface area contributed by atoms with Gasteiger partial charge < -0.3 is 19.5 Å². The van der Waals surface area contributed by atoms with Crippen LogP contribution in [0, 0.1) is 5.92 Å². The molecule has 1 aromatic heterocycles. The summed E-state index contributed by atoms with van der Waals surface area (Å²) in [5, 5.41) is 11.7. The summed E-state index contributed by atoms with van der Waals surface area (Å²) in [5.41, 5.74) is 1.42. The van der Waals surface area contributed by atoms with Crippen molar-refractivity contribution in [3.05, 3.63) is 24.5 Å². The van der Waals surface area contributed by atoms with E-state index < -0.39 is 5.60 Å². The summed E-state index contributed by atoms with van der Waals surface area (Å²) in [6.45, 7) is 6.44. The van der Waals surface area contributed by atoms with Crippen molar-refractivity contribution < 1.29 is 14.6 Å². The fourth-order valence-corrected chi connectivity index (χ4v) is 4.36. The van der Waals surface area contributed by atoms with E-state index >= 15 is 0 Å². The molecule has 156 valence electrons. The van der Waals surface area contributed by atoms with Crippen LogP contribution in [0.25, 0.3) is 10.9 Å². The number of nitrogens with zero attached hydrogens (tertiary/aromatic N) is 4. The van der Waals surface area contributed by atoms with Gasteiger partial charge >= 0.3 is 0 Å². The lowest BCUT2D eigenvalue weighted by atomic mass is 9.96. The quantitative estimate of drug-likeness (QED) is 0.799. The van der Waals surface area contributed by atoms with E-state index in [1.54, 1.807) is 6.33 Å². The SMILES string of the molecule is OC1(CN2CCN(c3ccc4ncnc(OCC5CC5)c4c3)CC2)CCCOC1. The molecule has 5 rings (SSSR count). The fourth-order valence-electron chi connectivity index (χ4n) is 4.36. The summed E-state index contributed by atoms with van der Waals surface area (Å²) in [6, 6.07) is 6.36. The van der Waals surface area contributed by atoms with E-state index in [4.69, 9.17) is 9.47 Å². The number of rotatable bonds is 6. The minimum atomic E-state index is -0.686. The Hall–Kier alpha value is -1.96. The van der Waals surface area contributed by atoms with Gasteiger partial charge in [0.15, 0.2) is 0 Å². The first-order valence-corrected chi connectivity index (χ1v) is 10.8. The van der Waals surface area contributed by atoms with Crippen molar-refractivity contribution in [1.29, 1.82) is 0 Å². The van der Waals surface area contributed by atoms with Crippen molar-refractivity contribution in [2.75, 3.05) is 57.4 Å². The van der Waals surface area contributed by atoms with Crippen molar-refractivity contribution >= 4 is 16.6 Å². The Kier molecular flexibility index (Phi) is 5.28. The molecule has 3 fully saturated rings. The molecular weight excluding hydrogens is 368 g/mol. The maximum Gasteiger partial charge on any atom is 0.224 e. The summed E-state index contributed by atoms with van der Waals surface area (Å²) in [5.74, 6) is 1.39. The van der Waals surface area contributed by atoms with Gasteiger partial charge in [0.25, 0.3) is 0 Å². The van der Waals surface area contributed by atoms with Crippen molar-refractivity contribution in [2.45, 2.75) is 31.3 Å². The Balaban J connectivity index is 1.24. The van der Waals surface area contributed by atoms with Gasteiger partial charge in [-0.2, -0.15) is 0 Å². The molecule has 1 N–H and O–H groups in total. The van der Waals surface area contributed by atoms with Crippen molar-refractivity contribution in [3.63, 3.8) is 0 Å². The topological polar surface area (TPSA) is 71.0 Å². The molecule has 0 radical (unpaired) electrons. The van der Waals surface area contributed by atoms with Gasteiger partial charge in [-0.3, -0.25) is 4.90 Å². The molecule has 29 heavy (non-hydrogen) atoms. The van der Waals surface area contributed by atoms with Crippen LogP contribution in [0.1, 0.15) is 25.7 Å². The molecule has 0 bridgehead atoms. The van der Waals surface area contributed by atoms with E-state index in [9.17, 15) is 5.11 Å². The fraction of sp³-hybridized carbons (Fsp3) is 0.636. The number of hydrogen-bond acceptors (Lipinski definition) is 7. The summed E-state index contributed by atoms with van der Waals surface area (Å²) in [7, 11) is 0. The first kappa shape index (κ1) is 19.0. The molecule has 1 atom stereocenters. The highest BCUT2D eigenvalue weighted by molar-refractivity contribution is 5.86. The molecule has 2 saturated heterocycles. The summed E-state index contributed by atoms with van der Waals surface area (Å²) in [4.78, 5) is 13.5. The molecule has 0 amide bonds. The largest absolute Gasteiger partial charge is 0.477 e. The Morgan fingerprint density at radius 3 is 2.79 bits per heavy atom. The van der Waals surface area contributed by atoms with E-state index in [1.165, 1.54) is 18.5 Å². The van der Waals surface area contributed by atoms with Crippen LogP contribution in [0.2, 0.25) is 0 Å². The number of aromatic nitrogens is 2.